The Labute approximate surface area is 100 Å². The van der Waals surface area contributed by atoms with E-state index in [-0.39, 0.29) is 0 Å². The van der Waals surface area contributed by atoms with E-state index in [2.05, 4.69) is 26.2 Å². The van der Waals surface area contributed by atoms with Gasteiger partial charge in [0.25, 0.3) is 0 Å². The summed E-state index contributed by atoms with van der Waals surface area (Å²) in [5.41, 5.74) is 10.4. The molecule has 0 amide bonds. The Balaban J connectivity index is 2.05. The lowest BCUT2D eigenvalue weighted by Crippen LogP contribution is -2.02. The number of nitrogens with two attached hydrogens (primary N) is 1. The molecule has 0 fully saturated rings. The summed E-state index contributed by atoms with van der Waals surface area (Å²) in [6.07, 6.45) is 0. The molecule has 3 N–H and O–H groups in total. The molecule has 0 aliphatic carbocycles. The van der Waals surface area contributed by atoms with E-state index in [1.165, 1.54) is 0 Å². The molecule has 5 heteroatoms. The molecule has 15 heavy (non-hydrogen) atoms. The zero-order chi connectivity index (χ0) is 10.7. The second kappa shape index (κ2) is 4.63. The molecule has 0 aliphatic rings. The Kier molecular flexibility index (Phi) is 3.23. The highest BCUT2D eigenvalue weighted by Crippen LogP contribution is 2.23. The summed E-state index contributed by atoms with van der Waals surface area (Å²) in [6.45, 7) is 0.704. The smallest absolute Gasteiger partial charge is 0.0795 e. The molecular weight excluding hydrogens is 274 g/mol. The molecule has 0 saturated carbocycles. The van der Waals surface area contributed by atoms with Crippen LogP contribution in [0.5, 0.6) is 0 Å². The Bertz CT molecular complexity index is 442. The molecule has 0 aliphatic heterocycles. The minimum atomic E-state index is 0.704. The van der Waals surface area contributed by atoms with Crippen molar-refractivity contribution in [1.29, 1.82) is 0 Å². The summed E-state index contributed by atoms with van der Waals surface area (Å²) in [5.74, 6) is 0. The lowest BCUT2D eigenvalue weighted by molar-refractivity contribution is 1.07. The molecule has 0 atom stereocenters. The van der Waals surface area contributed by atoms with Crippen molar-refractivity contribution in [3.05, 3.63) is 39.3 Å². The van der Waals surface area contributed by atoms with Gasteiger partial charge in [0.05, 0.1) is 29.1 Å². The first-order valence-corrected chi connectivity index (χ1v) is 6.15. The third-order valence-corrected chi connectivity index (χ3v) is 3.09. The van der Waals surface area contributed by atoms with Crippen LogP contribution < -0.4 is 11.1 Å². The standard InChI is InChI=1S/C10H10BrN3S/c11-7-1-2-10(9(12)3-7)13-4-8-5-15-6-14-8/h1-3,5-6,13H,4,12H2. The molecular formula is C10H10BrN3S. The van der Waals surface area contributed by atoms with Gasteiger partial charge in [-0.25, -0.2) is 4.98 Å². The van der Waals surface area contributed by atoms with Crippen molar-refractivity contribution in [3.8, 4) is 0 Å². The van der Waals surface area contributed by atoms with Gasteiger partial charge in [-0.05, 0) is 18.2 Å². The molecule has 0 unspecified atom stereocenters. The maximum absolute atomic E-state index is 5.85. The van der Waals surface area contributed by atoms with Crippen LogP contribution in [0.25, 0.3) is 0 Å². The summed E-state index contributed by atoms with van der Waals surface area (Å²) in [5, 5.41) is 5.26. The lowest BCUT2D eigenvalue weighted by Gasteiger charge is -2.07. The normalized spacial score (nSPS) is 10.2. The van der Waals surface area contributed by atoms with E-state index in [0.29, 0.717) is 6.54 Å². The number of nitrogens with zero attached hydrogens (tertiary/aromatic N) is 1. The molecule has 78 valence electrons. The maximum Gasteiger partial charge on any atom is 0.0795 e. The molecule has 0 radical (unpaired) electrons. The van der Waals surface area contributed by atoms with Crippen LogP contribution in [0.2, 0.25) is 0 Å². The monoisotopic (exact) mass is 283 g/mol. The SMILES string of the molecule is Nc1cc(Br)ccc1NCc1cscn1. The van der Waals surface area contributed by atoms with Gasteiger partial charge < -0.3 is 11.1 Å². The van der Waals surface area contributed by atoms with E-state index in [9.17, 15) is 0 Å². The Morgan fingerprint density at radius 1 is 1.47 bits per heavy atom. The highest BCUT2D eigenvalue weighted by Gasteiger charge is 2.00. The number of nitrogen functional groups attached to an aromatic ring is 1. The Hall–Kier alpha value is -1.07. The van der Waals surface area contributed by atoms with E-state index in [1.807, 2.05) is 29.1 Å². The number of nitrogens with one attached hydrogen (secondary N) is 1. The lowest BCUT2D eigenvalue weighted by atomic mass is 10.2. The van der Waals surface area contributed by atoms with Gasteiger partial charge in [0.15, 0.2) is 0 Å². The predicted octanol–water partition coefficient (Wildman–Crippen LogP) is 3.10. The molecule has 1 heterocycles. The highest BCUT2D eigenvalue weighted by molar-refractivity contribution is 9.10. The Morgan fingerprint density at radius 2 is 2.33 bits per heavy atom. The minimum absolute atomic E-state index is 0.704. The fraction of sp³-hybridized carbons (Fsp3) is 0.100. The third kappa shape index (κ3) is 2.70. The molecule has 1 aromatic heterocycles. The van der Waals surface area contributed by atoms with Gasteiger partial charge in [-0.2, -0.15) is 0 Å². The molecule has 0 spiro atoms. The number of benzene rings is 1. The first-order valence-electron chi connectivity index (χ1n) is 4.41. The molecule has 0 saturated heterocycles. The number of rotatable bonds is 3. The average molecular weight is 284 g/mol. The number of thiazole rings is 1. The predicted molar refractivity (Wildman–Crippen MR) is 68.0 cm³/mol. The average Bonchev–Trinajstić information content (AvgIpc) is 2.69. The molecule has 2 rings (SSSR count). The number of anilines is 2. The van der Waals surface area contributed by atoms with Gasteiger partial charge >= 0.3 is 0 Å². The quantitative estimate of drug-likeness (QED) is 0.851. The Morgan fingerprint density at radius 3 is 3.00 bits per heavy atom. The van der Waals surface area contributed by atoms with Crippen LogP contribution in [-0.4, -0.2) is 4.98 Å². The van der Waals surface area contributed by atoms with Crippen molar-refractivity contribution in [2.75, 3.05) is 11.1 Å². The van der Waals surface area contributed by atoms with E-state index in [4.69, 9.17) is 5.73 Å². The second-order valence-corrected chi connectivity index (χ2v) is 4.70. The van der Waals surface area contributed by atoms with Crippen LogP contribution in [-0.2, 0) is 6.54 Å². The zero-order valence-corrected chi connectivity index (χ0v) is 10.3. The van der Waals surface area contributed by atoms with Crippen LogP contribution in [0, 0.1) is 0 Å². The topological polar surface area (TPSA) is 50.9 Å². The summed E-state index contributed by atoms with van der Waals surface area (Å²) >= 11 is 4.96. The van der Waals surface area contributed by atoms with Crippen LogP contribution in [0.4, 0.5) is 11.4 Å². The number of hydrogen-bond donors (Lipinski definition) is 2. The highest BCUT2D eigenvalue weighted by atomic mass is 79.9. The van der Waals surface area contributed by atoms with Gasteiger partial charge in [-0.15, -0.1) is 11.3 Å². The van der Waals surface area contributed by atoms with Crippen LogP contribution >= 0.6 is 27.3 Å². The van der Waals surface area contributed by atoms with Crippen LogP contribution in [0.1, 0.15) is 5.69 Å². The number of hydrogen-bond acceptors (Lipinski definition) is 4. The third-order valence-electron chi connectivity index (χ3n) is 1.96. The molecule has 2 aromatic rings. The maximum atomic E-state index is 5.85. The summed E-state index contributed by atoms with van der Waals surface area (Å²) in [6, 6.07) is 5.79. The van der Waals surface area contributed by atoms with Crippen molar-refractivity contribution >= 4 is 38.6 Å². The summed E-state index contributed by atoms with van der Waals surface area (Å²) in [4.78, 5) is 4.18. The second-order valence-electron chi connectivity index (χ2n) is 3.06. The summed E-state index contributed by atoms with van der Waals surface area (Å²) in [7, 11) is 0. The zero-order valence-electron chi connectivity index (χ0n) is 7.90. The number of aromatic nitrogens is 1. The first-order chi connectivity index (χ1) is 7.25. The first kappa shape index (κ1) is 10.4. The van der Waals surface area contributed by atoms with Crippen molar-refractivity contribution in [1.82, 2.24) is 4.98 Å². The van der Waals surface area contributed by atoms with Gasteiger partial charge in [0.1, 0.15) is 0 Å². The van der Waals surface area contributed by atoms with Crippen molar-refractivity contribution in [2.24, 2.45) is 0 Å². The molecule has 0 bridgehead atoms. The van der Waals surface area contributed by atoms with E-state index in [0.717, 1.165) is 21.5 Å². The van der Waals surface area contributed by atoms with Crippen LogP contribution in [0.3, 0.4) is 0 Å². The number of halogens is 1. The fourth-order valence-electron chi connectivity index (χ4n) is 1.21. The van der Waals surface area contributed by atoms with Crippen LogP contribution in [0.15, 0.2) is 33.6 Å². The van der Waals surface area contributed by atoms with Crippen molar-refractivity contribution < 1.29 is 0 Å². The van der Waals surface area contributed by atoms with E-state index < -0.39 is 0 Å². The molecule has 1 aromatic carbocycles. The van der Waals surface area contributed by atoms with Gasteiger partial charge in [0, 0.05) is 9.85 Å². The van der Waals surface area contributed by atoms with Gasteiger partial charge in [-0.3, -0.25) is 0 Å². The van der Waals surface area contributed by atoms with E-state index in [1.54, 1.807) is 11.3 Å². The van der Waals surface area contributed by atoms with Crippen molar-refractivity contribution in [2.45, 2.75) is 6.54 Å². The van der Waals surface area contributed by atoms with Gasteiger partial charge in [0.2, 0.25) is 0 Å². The summed E-state index contributed by atoms with van der Waals surface area (Å²) < 4.78 is 0.985. The van der Waals surface area contributed by atoms with Gasteiger partial charge in [-0.1, -0.05) is 15.9 Å². The van der Waals surface area contributed by atoms with Crippen molar-refractivity contribution in [3.63, 3.8) is 0 Å². The van der Waals surface area contributed by atoms with E-state index >= 15 is 0 Å². The molecule has 3 nitrogen and oxygen atoms in total. The minimum Gasteiger partial charge on any atom is -0.397 e. The fourth-order valence-corrected chi connectivity index (χ4v) is 2.14. The largest absolute Gasteiger partial charge is 0.397 e.